The third-order valence-electron chi connectivity index (χ3n) is 13.6. The second-order valence-corrected chi connectivity index (χ2v) is 21.5. The van der Waals surface area contributed by atoms with Crippen molar-refractivity contribution in [2.45, 2.75) is 39.1 Å². The van der Waals surface area contributed by atoms with Gasteiger partial charge in [-0.1, -0.05) is 0 Å². The first-order valence-corrected chi connectivity index (χ1v) is 28.1. The summed E-state index contributed by atoms with van der Waals surface area (Å²) in [7, 11) is 0. The van der Waals surface area contributed by atoms with Crippen LogP contribution in [0, 0.1) is 79.9 Å². The van der Waals surface area contributed by atoms with Gasteiger partial charge in [0.15, 0.2) is 0 Å². The molecule has 3 rings (SSSR count). The second-order valence-electron chi connectivity index (χ2n) is 21.5. The van der Waals surface area contributed by atoms with Crippen LogP contribution in [0.5, 0.6) is 0 Å². The van der Waals surface area contributed by atoms with Crippen molar-refractivity contribution in [3.63, 3.8) is 0 Å². The number of carbonyl (C=O) groups is 9. The summed E-state index contributed by atoms with van der Waals surface area (Å²) in [5.74, 6) is -8.66. The molecule has 497 valence electrons. The van der Waals surface area contributed by atoms with Crippen molar-refractivity contribution in [2.24, 2.45) is 0 Å². The molecule has 87 heavy (non-hydrogen) atoms. The van der Waals surface area contributed by atoms with E-state index < -0.39 is 72.0 Å². The van der Waals surface area contributed by atoms with E-state index in [0.29, 0.717) is 177 Å². The van der Waals surface area contributed by atoms with Crippen molar-refractivity contribution < 1.29 is 184 Å². The summed E-state index contributed by atoms with van der Waals surface area (Å²) in [5, 5.41) is 111. The van der Waals surface area contributed by atoms with Gasteiger partial charge in [-0.2, -0.15) is 0 Å². The van der Waals surface area contributed by atoms with Crippen LogP contribution in [-0.4, -0.2) is 465 Å². The van der Waals surface area contributed by atoms with E-state index in [2.05, 4.69) is 0 Å². The first-order chi connectivity index (χ1) is 39.5. The zero-order chi connectivity index (χ0) is 63.3. The van der Waals surface area contributed by atoms with Gasteiger partial charge in [0.25, 0.3) is 0 Å². The van der Waals surface area contributed by atoms with E-state index in [1.54, 1.807) is 64.9 Å². The Morgan fingerprint density at radius 3 is 0.391 bits per heavy atom. The van der Waals surface area contributed by atoms with Gasteiger partial charge in [-0.3, -0.25) is 102 Å². The summed E-state index contributed by atoms with van der Waals surface area (Å²) in [4.78, 5) is 122. The smallest absolute Gasteiger partial charge is 0.480 e. The van der Waals surface area contributed by atoms with E-state index in [4.69, 9.17) is 46.0 Å². The monoisotopic (exact) mass is 1570 g/mol. The summed E-state index contributed by atoms with van der Waals surface area (Å²) in [6, 6.07) is 0. The third kappa shape index (κ3) is 50.7. The third-order valence-corrected chi connectivity index (χ3v) is 13.6. The van der Waals surface area contributed by atoms with E-state index >= 15 is 0 Å². The molecule has 1 radical (unpaired) electrons. The molecule has 0 spiro atoms. The fourth-order valence-electron chi connectivity index (χ4n) is 9.55. The van der Waals surface area contributed by atoms with Gasteiger partial charge < -0.3 is 61.3 Å². The number of nitrogens with zero attached hydrogens (tertiary/aromatic N) is 12. The molecule has 3 unspecified atom stereocenters. The van der Waals surface area contributed by atoms with Crippen molar-refractivity contribution in [2.75, 3.05) is 236 Å². The molecule has 0 bridgehead atoms. The van der Waals surface area contributed by atoms with Crippen molar-refractivity contribution >= 4 is 91.5 Å². The zero-order valence-electron chi connectivity index (χ0n) is 50.5. The molecule has 0 aromatic rings. The van der Waals surface area contributed by atoms with Crippen molar-refractivity contribution in [1.82, 2.24) is 58.8 Å². The van der Waals surface area contributed by atoms with E-state index in [1.807, 2.05) is 14.7 Å². The molecule has 3 saturated heterocycles. The number of carboxylic acid groups (broad SMARTS) is 9. The molecule has 33 nitrogen and oxygen atoms in total. The molecule has 3 aliphatic heterocycles. The molecule has 0 amide bonds. The minimum Gasteiger partial charge on any atom is -0.480 e. The average molecular weight is 1570 g/mol. The molecule has 12 N–H and O–H groups in total. The normalized spacial score (nSPS) is 20.1. The van der Waals surface area contributed by atoms with E-state index in [0.717, 1.165) is 0 Å². The van der Waals surface area contributed by atoms with Crippen molar-refractivity contribution in [3.8, 4) is 0 Å². The van der Waals surface area contributed by atoms with Gasteiger partial charge in [0.2, 0.25) is 0 Å². The minimum absolute atomic E-state index is 0. The van der Waals surface area contributed by atoms with Gasteiger partial charge in [0.05, 0.1) is 77.2 Å². The average Bonchev–Trinajstić information content (AvgIpc) is 3.47. The van der Waals surface area contributed by atoms with Gasteiger partial charge in [-0.25, -0.2) is 0 Å². The van der Waals surface area contributed by atoms with Crippen LogP contribution in [0.1, 0.15) is 20.8 Å². The van der Waals surface area contributed by atoms with Crippen LogP contribution in [-0.2, 0) is 43.2 Å². The number of carboxylic acids is 9. The number of β-amino-alcohol motifs (C(OH)–C–C–N with tert-alkyl or cyclic N) is 3. The van der Waals surface area contributed by atoms with Crippen molar-refractivity contribution in [3.05, 3.63) is 0 Å². The molecule has 3 fully saturated rings. The Kier molecular flexibility index (Phi) is 53.6. The minimum atomic E-state index is -0.982. The standard InChI is InChI=1S/3C17H32N4O7.Ca.2Gd/c3*1-14(22)10-18-2-4-19(11-15(23)24)6-8-21(13-17(27)28)9-7-20(5-3-18)12-16(25)26;;;/h3*14,22H,2-13H2,1H3,(H,23,24)(H,25,26)(H,27,28);;;/q;;;2*+2;+3. The van der Waals surface area contributed by atoms with Crippen LogP contribution in [0.2, 0.25) is 0 Å². The maximum atomic E-state index is 11.1. The summed E-state index contributed by atoms with van der Waals surface area (Å²) in [6.07, 6.45) is -1.67. The summed E-state index contributed by atoms with van der Waals surface area (Å²) in [5.41, 5.74) is 0. The van der Waals surface area contributed by atoms with Gasteiger partial charge in [-0.05, 0) is 20.8 Å². The number of aliphatic carboxylic acids is 9. The van der Waals surface area contributed by atoms with Gasteiger partial charge in [0, 0.05) is 177 Å². The van der Waals surface area contributed by atoms with Crippen LogP contribution in [0.15, 0.2) is 0 Å². The maximum Gasteiger partial charge on any atom is 3.00 e. The Hall–Kier alpha value is -1.46. The molecule has 3 heterocycles. The molecule has 36 heteroatoms. The Bertz CT molecular complexity index is 1690. The predicted octanol–water partition coefficient (Wildman–Crippen LogP) is -6.85. The summed E-state index contributed by atoms with van der Waals surface area (Å²) in [6.45, 7) is 15.3. The molecular weight excluding hydrogens is 1470 g/mol. The predicted molar refractivity (Wildman–Crippen MR) is 307 cm³/mol. The van der Waals surface area contributed by atoms with Crippen LogP contribution in [0.4, 0.5) is 0 Å². The Morgan fingerprint density at radius 2 is 0.322 bits per heavy atom. The molecule has 0 aromatic heterocycles. The second kappa shape index (κ2) is 52.0. The summed E-state index contributed by atoms with van der Waals surface area (Å²) >= 11 is 0. The number of aliphatic hydroxyl groups excluding tert-OH is 3. The van der Waals surface area contributed by atoms with Gasteiger partial charge in [0.1, 0.15) is 0 Å². The number of rotatable bonds is 24. The first-order valence-electron chi connectivity index (χ1n) is 28.1. The van der Waals surface area contributed by atoms with Crippen LogP contribution in [0.3, 0.4) is 0 Å². The Balaban J connectivity index is -0.00000120. The topological polar surface area (TPSA) is 435 Å². The van der Waals surface area contributed by atoms with Crippen LogP contribution >= 0.6 is 0 Å². The Morgan fingerprint density at radius 1 is 0.241 bits per heavy atom. The van der Waals surface area contributed by atoms with E-state index in [9.17, 15) is 58.5 Å². The molecule has 3 atom stereocenters. The quantitative estimate of drug-likeness (QED) is 0.0400. The van der Waals surface area contributed by atoms with Crippen LogP contribution in [0.25, 0.3) is 0 Å². The fraction of sp³-hybridized carbons (Fsp3) is 0.824. The Labute approximate surface area is 603 Å². The molecule has 0 aromatic carbocycles. The first kappa shape index (κ1) is 89.7. The SMILES string of the molecule is CC(O)CN1CCN(CC(=O)O)CCN(CC(=O)O)CCN(CC(=O)O)CC1.CC(O)CN1CCN(CC(=O)O)CCN(CC(=O)O)CCN(CC(=O)O)CC1.CC(O)CN1CCN(CC(=O)O)CCN(CC(=O)O)CCN(CC(=O)O)CC1.[Ca+2].[Gd+2].[Gd+3]. The number of aliphatic hydroxyl groups is 3. The number of hydrogen-bond donors (Lipinski definition) is 12. The van der Waals surface area contributed by atoms with Gasteiger partial charge >= 0.3 is 171 Å². The van der Waals surface area contributed by atoms with E-state index in [-0.39, 0.29) is 177 Å². The fourth-order valence-corrected chi connectivity index (χ4v) is 9.55. The molecule has 0 saturated carbocycles. The molecule has 0 aliphatic carbocycles. The number of hydrogen-bond acceptors (Lipinski definition) is 24. The van der Waals surface area contributed by atoms with Crippen LogP contribution < -0.4 is 0 Å². The van der Waals surface area contributed by atoms with Crippen molar-refractivity contribution in [1.29, 1.82) is 0 Å². The largest absolute Gasteiger partial charge is 3.00 e. The maximum absolute atomic E-state index is 11.1. The molecule has 3 aliphatic rings. The van der Waals surface area contributed by atoms with E-state index in [1.165, 1.54) is 0 Å². The summed E-state index contributed by atoms with van der Waals surface area (Å²) < 4.78 is 0. The zero-order valence-corrected chi connectivity index (χ0v) is 57.3. The molecular formula is C51H96CaGd2N12O21+7. The van der Waals surface area contributed by atoms with Gasteiger partial charge in [-0.15, -0.1) is 0 Å².